The molecule has 44 heavy (non-hydrogen) atoms. The summed E-state index contributed by atoms with van der Waals surface area (Å²) < 4.78 is 0. The number of nitrogens with two attached hydrogens (primary N) is 1. The minimum atomic E-state index is -1.10. The average molecular weight is 610 g/mol. The monoisotopic (exact) mass is 609 g/mol. The second-order valence-corrected chi connectivity index (χ2v) is 14.7. The van der Waals surface area contributed by atoms with E-state index in [2.05, 4.69) is 16.0 Å². The molecule has 2 saturated carbocycles. The first-order valence-electron chi connectivity index (χ1n) is 15.6. The van der Waals surface area contributed by atoms with E-state index in [1.54, 1.807) is 30.3 Å². The molecule has 1 aromatic rings. The number of primary amides is 1. The van der Waals surface area contributed by atoms with Gasteiger partial charge in [0.05, 0.1) is 12.1 Å². The minimum absolute atomic E-state index is 0.0687. The van der Waals surface area contributed by atoms with Gasteiger partial charge in [-0.1, -0.05) is 91.6 Å². The number of carbonyl (C=O) groups is 6. The lowest BCUT2D eigenvalue weighted by molar-refractivity contribution is -0.145. The molecular weight excluding hydrogens is 562 g/mol. The SMILES string of the molecule is CC(C)[C@H](NC(=O)N[C@H](C(=O)N1CC2[C@@H]([C@H]1C(=O)NC(CC1CC1)C(=O)C(N)=O)C2(C)C)C(C)(C)C)C(=O)c1ccccc1. The summed E-state index contributed by atoms with van der Waals surface area (Å²) in [4.78, 5) is 80.4. The van der Waals surface area contributed by atoms with Gasteiger partial charge in [0.1, 0.15) is 12.1 Å². The quantitative estimate of drug-likeness (QED) is 0.210. The van der Waals surface area contributed by atoms with Crippen LogP contribution in [0, 0.1) is 34.5 Å². The average Bonchev–Trinajstić information content (AvgIpc) is 3.80. The number of amides is 5. The molecule has 3 fully saturated rings. The fourth-order valence-electron chi connectivity index (χ4n) is 6.61. The summed E-state index contributed by atoms with van der Waals surface area (Å²) in [6, 6.07) is 4.28. The number of urea groups is 1. The van der Waals surface area contributed by atoms with E-state index in [0.717, 1.165) is 12.8 Å². The molecule has 5 amide bonds. The standard InChI is InChI=1S/C33H47N5O6/c1-17(2)23(25(39)19-11-9-8-10-12-19)36-31(44)37-27(32(3,4)5)30(43)38-16-20-22(33(20,6)7)24(38)29(42)35-21(15-18-13-14-18)26(40)28(34)41/h8-12,17-18,20-24,27H,13-16H2,1-7H3,(H2,34,41)(H,35,42)(H2,36,37,44)/t20?,21?,22-,23-,24-,27+/m0/s1. The Morgan fingerprint density at radius 3 is 2.11 bits per heavy atom. The molecule has 6 atom stereocenters. The summed E-state index contributed by atoms with van der Waals surface area (Å²) in [5.41, 5.74) is 4.82. The first-order valence-corrected chi connectivity index (χ1v) is 15.6. The van der Waals surface area contributed by atoms with E-state index in [-0.39, 0.29) is 34.9 Å². The highest BCUT2D eigenvalue weighted by Crippen LogP contribution is 2.65. The Bertz CT molecular complexity index is 1320. The molecule has 2 unspecified atom stereocenters. The van der Waals surface area contributed by atoms with E-state index in [0.29, 0.717) is 18.5 Å². The van der Waals surface area contributed by atoms with Crippen molar-refractivity contribution in [2.45, 2.75) is 91.9 Å². The molecule has 3 aliphatic rings. The summed E-state index contributed by atoms with van der Waals surface area (Å²) in [5.74, 6) is -3.15. The van der Waals surface area contributed by atoms with Crippen LogP contribution in [0.2, 0.25) is 0 Å². The fraction of sp³-hybridized carbons (Fsp3) is 0.636. The van der Waals surface area contributed by atoms with Crippen LogP contribution in [0.5, 0.6) is 0 Å². The van der Waals surface area contributed by atoms with Gasteiger partial charge in [0, 0.05) is 12.1 Å². The van der Waals surface area contributed by atoms with Crippen LogP contribution >= 0.6 is 0 Å². The van der Waals surface area contributed by atoms with Crippen LogP contribution in [-0.2, 0) is 19.2 Å². The molecule has 4 rings (SSSR count). The summed E-state index contributed by atoms with van der Waals surface area (Å²) in [6.45, 7) is 13.5. The number of Topliss-reactive ketones (excluding diaryl/α,β-unsaturated/α-hetero) is 2. The summed E-state index contributed by atoms with van der Waals surface area (Å²) in [7, 11) is 0. The lowest BCUT2D eigenvalue weighted by atomic mass is 9.85. The maximum atomic E-state index is 14.2. The topological polar surface area (TPSA) is 168 Å². The van der Waals surface area contributed by atoms with Crippen molar-refractivity contribution < 1.29 is 28.8 Å². The van der Waals surface area contributed by atoms with Gasteiger partial charge in [0.2, 0.25) is 17.6 Å². The third-order valence-corrected chi connectivity index (χ3v) is 9.58. The van der Waals surface area contributed by atoms with E-state index in [1.165, 1.54) is 4.90 Å². The predicted octanol–water partition coefficient (Wildman–Crippen LogP) is 2.43. The third kappa shape index (κ3) is 6.97. The predicted molar refractivity (Wildman–Crippen MR) is 164 cm³/mol. The largest absolute Gasteiger partial charge is 0.363 e. The lowest BCUT2D eigenvalue weighted by Gasteiger charge is -2.38. The number of piperidine rings is 1. The maximum Gasteiger partial charge on any atom is 0.316 e. The first-order chi connectivity index (χ1) is 20.4. The third-order valence-electron chi connectivity index (χ3n) is 9.58. The highest BCUT2D eigenvalue weighted by molar-refractivity contribution is 6.37. The van der Waals surface area contributed by atoms with Crippen LogP contribution < -0.4 is 21.7 Å². The van der Waals surface area contributed by atoms with Gasteiger partial charge < -0.3 is 26.6 Å². The van der Waals surface area contributed by atoms with Crippen LogP contribution in [0.15, 0.2) is 30.3 Å². The molecule has 0 bridgehead atoms. The maximum absolute atomic E-state index is 14.2. The molecule has 1 aliphatic heterocycles. The normalized spacial score (nSPS) is 24.0. The Labute approximate surface area is 259 Å². The van der Waals surface area contributed by atoms with Gasteiger partial charge in [-0.05, 0) is 40.9 Å². The van der Waals surface area contributed by atoms with Gasteiger partial charge in [0.15, 0.2) is 5.78 Å². The Morgan fingerprint density at radius 2 is 1.59 bits per heavy atom. The minimum Gasteiger partial charge on any atom is -0.363 e. The molecule has 5 N–H and O–H groups in total. The highest BCUT2D eigenvalue weighted by Gasteiger charge is 2.70. The van der Waals surface area contributed by atoms with Gasteiger partial charge in [-0.25, -0.2) is 4.79 Å². The second kappa shape index (κ2) is 12.3. The smallest absolute Gasteiger partial charge is 0.316 e. The second-order valence-electron chi connectivity index (χ2n) is 14.7. The molecule has 0 spiro atoms. The number of nitrogens with zero attached hydrogens (tertiary/aromatic N) is 1. The van der Waals surface area contributed by atoms with E-state index in [1.807, 2.05) is 48.5 Å². The number of nitrogens with one attached hydrogen (secondary N) is 3. The van der Waals surface area contributed by atoms with Crippen molar-refractivity contribution in [3.8, 4) is 0 Å². The number of ketones is 2. The molecule has 1 heterocycles. The van der Waals surface area contributed by atoms with E-state index in [4.69, 9.17) is 5.73 Å². The van der Waals surface area contributed by atoms with Crippen molar-refractivity contribution in [1.82, 2.24) is 20.9 Å². The molecule has 0 radical (unpaired) electrons. The number of hydrogen-bond donors (Lipinski definition) is 4. The molecule has 240 valence electrons. The van der Waals surface area contributed by atoms with E-state index >= 15 is 0 Å². The van der Waals surface area contributed by atoms with Crippen LogP contribution in [-0.4, -0.2) is 70.9 Å². The van der Waals surface area contributed by atoms with Gasteiger partial charge in [0.25, 0.3) is 5.91 Å². The van der Waals surface area contributed by atoms with Crippen LogP contribution in [0.25, 0.3) is 0 Å². The van der Waals surface area contributed by atoms with Crippen molar-refractivity contribution in [2.24, 2.45) is 40.2 Å². The van der Waals surface area contributed by atoms with Crippen molar-refractivity contribution in [3.63, 3.8) is 0 Å². The van der Waals surface area contributed by atoms with Crippen LogP contribution in [0.1, 0.15) is 78.1 Å². The molecule has 11 nitrogen and oxygen atoms in total. The van der Waals surface area contributed by atoms with Gasteiger partial charge >= 0.3 is 6.03 Å². The molecule has 11 heteroatoms. The van der Waals surface area contributed by atoms with Crippen molar-refractivity contribution in [3.05, 3.63) is 35.9 Å². The summed E-state index contributed by atoms with van der Waals surface area (Å²) in [5, 5.41) is 8.33. The zero-order chi connectivity index (χ0) is 32.7. The number of benzene rings is 1. The molecular formula is C33H47N5O6. The Hall–Kier alpha value is -3.76. The molecule has 0 aromatic heterocycles. The lowest BCUT2D eigenvalue weighted by Crippen LogP contribution is -2.62. The zero-order valence-corrected chi connectivity index (χ0v) is 26.8. The van der Waals surface area contributed by atoms with Crippen LogP contribution in [0.3, 0.4) is 0 Å². The first kappa shape index (κ1) is 33.1. The van der Waals surface area contributed by atoms with Crippen molar-refractivity contribution in [2.75, 3.05) is 6.54 Å². The fourth-order valence-corrected chi connectivity index (χ4v) is 6.61. The number of rotatable bonds is 12. The molecule has 1 saturated heterocycles. The Balaban J connectivity index is 1.53. The number of fused-ring (bicyclic) bond motifs is 1. The van der Waals surface area contributed by atoms with Crippen LogP contribution in [0.4, 0.5) is 4.79 Å². The Kier molecular flexibility index (Phi) is 9.28. The number of hydrogen-bond acceptors (Lipinski definition) is 6. The number of carbonyl (C=O) groups excluding carboxylic acids is 6. The van der Waals surface area contributed by atoms with Crippen molar-refractivity contribution in [1.29, 1.82) is 0 Å². The van der Waals surface area contributed by atoms with Gasteiger partial charge in [-0.3, -0.25) is 24.0 Å². The number of likely N-dealkylation sites (tertiary alicyclic amines) is 1. The Morgan fingerprint density at radius 1 is 0.977 bits per heavy atom. The van der Waals surface area contributed by atoms with Crippen molar-refractivity contribution >= 4 is 35.3 Å². The summed E-state index contributed by atoms with van der Waals surface area (Å²) in [6.07, 6.45) is 2.16. The summed E-state index contributed by atoms with van der Waals surface area (Å²) >= 11 is 0. The van der Waals surface area contributed by atoms with E-state index in [9.17, 15) is 28.8 Å². The molecule has 1 aromatic carbocycles. The van der Waals surface area contributed by atoms with Gasteiger partial charge in [-0.15, -0.1) is 0 Å². The zero-order valence-electron chi connectivity index (χ0n) is 26.8. The van der Waals surface area contributed by atoms with E-state index < -0.39 is 59.1 Å². The molecule has 2 aliphatic carbocycles. The highest BCUT2D eigenvalue weighted by atomic mass is 16.2. The van der Waals surface area contributed by atoms with Gasteiger partial charge in [-0.2, -0.15) is 0 Å².